The standard InChI is InChI=1S/C26H32F2N6O2S/c1-12-18(24-33-20-17(37-24)8-9-29-19(20)14-6-7-14)23(34-25(31-12)30-11-13-4-3-5-13)32-16-10-15(26(2,27)28)21(35)22(16)36/h8-9,13-16,21-22,35-36H,3-7,10-11H2,1-2H3,(H2,30,31,32,34)/t15-,16+,21+,22-/m0/s1. The number of pyridine rings is 1. The number of hydrogen-bond donors (Lipinski definition) is 4. The number of nitrogens with one attached hydrogen (secondary N) is 2. The maximum absolute atomic E-state index is 14.1. The fraction of sp³-hybridized carbons (Fsp3) is 0.615. The molecule has 0 aliphatic heterocycles. The van der Waals surface area contributed by atoms with Gasteiger partial charge in [-0.3, -0.25) is 4.98 Å². The molecule has 0 aromatic carbocycles. The molecule has 0 spiro atoms. The summed E-state index contributed by atoms with van der Waals surface area (Å²) in [4.78, 5) is 18.9. The van der Waals surface area contributed by atoms with Crippen LogP contribution in [0.3, 0.4) is 0 Å². The van der Waals surface area contributed by atoms with Crippen LogP contribution >= 0.6 is 11.3 Å². The number of anilines is 2. The lowest BCUT2D eigenvalue weighted by Gasteiger charge is -2.26. The summed E-state index contributed by atoms with van der Waals surface area (Å²) in [5.41, 5.74) is 3.25. The Balaban J connectivity index is 1.38. The molecular weight excluding hydrogens is 498 g/mol. The first-order valence-corrected chi connectivity index (χ1v) is 13.9. The second kappa shape index (κ2) is 9.36. The van der Waals surface area contributed by atoms with E-state index in [9.17, 15) is 19.0 Å². The van der Waals surface area contributed by atoms with Crippen LogP contribution < -0.4 is 10.6 Å². The summed E-state index contributed by atoms with van der Waals surface area (Å²) < 4.78 is 29.3. The lowest BCUT2D eigenvalue weighted by molar-refractivity contribution is -0.0950. The van der Waals surface area contributed by atoms with Crippen molar-refractivity contribution >= 4 is 33.3 Å². The smallest absolute Gasteiger partial charge is 0.250 e. The van der Waals surface area contributed by atoms with Crippen LogP contribution in [-0.4, -0.2) is 60.9 Å². The Morgan fingerprint density at radius 1 is 1.11 bits per heavy atom. The molecule has 198 valence electrons. The van der Waals surface area contributed by atoms with E-state index in [2.05, 4.69) is 15.6 Å². The summed E-state index contributed by atoms with van der Waals surface area (Å²) in [5, 5.41) is 28.3. The predicted molar refractivity (Wildman–Crippen MR) is 139 cm³/mol. The van der Waals surface area contributed by atoms with E-state index in [-0.39, 0.29) is 6.42 Å². The Labute approximate surface area is 218 Å². The van der Waals surface area contributed by atoms with Crippen molar-refractivity contribution in [3.63, 3.8) is 0 Å². The maximum Gasteiger partial charge on any atom is 0.250 e. The molecule has 3 aliphatic carbocycles. The lowest BCUT2D eigenvalue weighted by Crippen LogP contribution is -2.38. The third kappa shape index (κ3) is 4.77. The van der Waals surface area contributed by atoms with Gasteiger partial charge in [-0.1, -0.05) is 6.42 Å². The van der Waals surface area contributed by atoms with Gasteiger partial charge < -0.3 is 20.8 Å². The second-order valence-corrected chi connectivity index (χ2v) is 11.9. The monoisotopic (exact) mass is 530 g/mol. The van der Waals surface area contributed by atoms with Crippen LogP contribution in [0.15, 0.2) is 12.3 Å². The van der Waals surface area contributed by atoms with Gasteiger partial charge >= 0.3 is 0 Å². The predicted octanol–water partition coefficient (Wildman–Crippen LogP) is 4.72. The number of halogens is 2. The van der Waals surface area contributed by atoms with E-state index in [0.29, 0.717) is 39.9 Å². The zero-order valence-corrected chi connectivity index (χ0v) is 21.7. The highest BCUT2D eigenvalue weighted by molar-refractivity contribution is 7.21. The molecule has 3 fully saturated rings. The van der Waals surface area contributed by atoms with Gasteiger partial charge in [-0.15, -0.1) is 11.3 Å². The summed E-state index contributed by atoms with van der Waals surface area (Å²) >= 11 is 1.52. The van der Waals surface area contributed by atoms with E-state index >= 15 is 0 Å². The Bertz CT molecular complexity index is 1310. The van der Waals surface area contributed by atoms with Crippen molar-refractivity contribution in [1.82, 2.24) is 19.9 Å². The number of fused-ring (bicyclic) bond motifs is 1. The fourth-order valence-electron chi connectivity index (χ4n) is 5.44. The van der Waals surface area contributed by atoms with Gasteiger partial charge in [0.15, 0.2) is 0 Å². The minimum absolute atomic E-state index is 0.0885. The van der Waals surface area contributed by atoms with Gasteiger partial charge in [0.25, 0.3) is 5.92 Å². The minimum Gasteiger partial charge on any atom is -0.390 e. The molecular formula is C26H32F2N6O2S. The Morgan fingerprint density at radius 2 is 1.89 bits per heavy atom. The number of thiazole rings is 1. The van der Waals surface area contributed by atoms with E-state index in [1.54, 1.807) is 0 Å². The van der Waals surface area contributed by atoms with E-state index in [1.165, 1.54) is 30.6 Å². The number of aliphatic hydroxyl groups is 2. The molecule has 37 heavy (non-hydrogen) atoms. The van der Waals surface area contributed by atoms with Crippen molar-refractivity contribution in [2.45, 2.75) is 82.5 Å². The average Bonchev–Trinajstić information content (AvgIpc) is 3.50. The highest BCUT2D eigenvalue weighted by atomic mass is 32.1. The molecule has 4 N–H and O–H groups in total. The molecule has 0 amide bonds. The first-order valence-electron chi connectivity index (χ1n) is 13.1. The normalized spacial score (nSPS) is 26.4. The third-order valence-electron chi connectivity index (χ3n) is 8.03. The largest absolute Gasteiger partial charge is 0.390 e. The molecule has 11 heteroatoms. The summed E-state index contributed by atoms with van der Waals surface area (Å²) in [6, 6.07) is 1.15. The van der Waals surface area contributed by atoms with Crippen LogP contribution in [0.1, 0.15) is 62.8 Å². The van der Waals surface area contributed by atoms with Gasteiger partial charge in [-0.25, -0.2) is 18.7 Å². The van der Waals surface area contributed by atoms with E-state index in [1.807, 2.05) is 19.2 Å². The number of aryl methyl sites for hydroxylation is 1. The fourth-order valence-corrected chi connectivity index (χ4v) is 6.50. The summed E-state index contributed by atoms with van der Waals surface area (Å²) in [6.07, 6.45) is 4.65. The summed E-state index contributed by atoms with van der Waals surface area (Å²) in [6.45, 7) is 3.43. The van der Waals surface area contributed by atoms with Crippen molar-refractivity contribution < 1.29 is 19.0 Å². The Morgan fingerprint density at radius 3 is 2.54 bits per heavy atom. The third-order valence-corrected chi connectivity index (χ3v) is 9.07. The molecule has 3 aromatic rings. The Hall–Kier alpha value is -2.50. The van der Waals surface area contributed by atoms with Crippen molar-refractivity contribution in [1.29, 1.82) is 0 Å². The molecule has 0 saturated heterocycles. The van der Waals surface area contributed by atoms with E-state index < -0.39 is 30.1 Å². The second-order valence-electron chi connectivity index (χ2n) is 10.9. The highest BCUT2D eigenvalue weighted by Crippen LogP contribution is 2.45. The molecule has 8 nitrogen and oxygen atoms in total. The molecule has 0 radical (unpaired) electrons. The first kappa shape index (κ1) is 24.8. The van der Waals surface area contributed by atoms with Gasteiger partial charge in [-0.05, 0) is 57.9 Å². The summed E-state index contributed by atoms with van der Waals surface area (Å²) in [5.74, 6) is -2.57. The zero-order chi connectivity index (χ0) is 25.9. The molecule has 3 aliphatic rings. The number of aromatic nitrogens is 4. The SMILES string of the molecule is Cc1nc(NCC2CCC2)nc(N[C@@H]2C[C@H](C(C)(F)F)[C@@H](O)[C@H]2O)c1-c1nc2c(C3CC3)nccc2s1. The van der Waals surface area contributed by atoms with Crippen LogP contribution in [-0.2, 0) is 0 Å². The van der Waals surface area contributed by atoms with Gasteiger partial charge in [0.1, 0.15) is 22.4 Å². The van der Waals surface area contributed by atoms with Crippen molar-refractivity contribution in [2.24, 2.45) is 11.8 Å². The maximum atomic E-state index is 14.1. The Kier molecular flexibility index (Phi) is 6.27. The van der Waals surface area contributed by atoms with Crippen LogP contribution in [0.4, 0.5) is 20.5 Å². The van der Waals surface area contributed by atoms with Crippen LogP contribution in [0.5, 0.6) is 0 Å². The van der Waals surface area contributed by atoms with Gasteiger partial charge in [0.05, 0.1) is 39.7 Å². The number of hydrogen-bond acceptors (Lipinski definition) is 9. The van der Waals surface area contributed by atoms with Crippen LogP contribution in [0, 0.1) is 18.8 Å². The minimum atomic E-state index is -3.12. The quantitative estimate of drug-likeness (QED) is 0.331. The highest BCUT2D eigenvalue weighted by Gasteiger charge is 2.51. The molecule has 6 rings (SSSR count). The van der Waals surface area contributed by atoms with Gasteiger partial charge in [0, 0.05) is 18.7 Å². The number of alkyl halides is 2. The average molecular weight is 531 g/mol. The van der Waals surface area contributed by atoms with Crippen molar-refractivity contribution in [2.75, 3.05) is 17.2 Å². The van der Waals surface area contributed by atoms with Gasteiger partial charge in [-0.2, -0.15) is 4.98 Å². The molecule has 0 unspecified atom stereocenters. The van der Waals surface area contributed by atoms with E-state index in [0.717, 1.165) is 42.2 Å². The molecule has 3 saturated carbocycles. The number of nitrogens with zero attached hydrogens (tertiary/aromatic N) is 4. The topological polar surface area (TPSA) is 116 Å². The molecule has 0 bridgehead atoms. The number of rotatable bonds is 8. The van der Waals surface area contributed by atoms with Crippen molar-refractivity contribution in [3.8, 4) is 10.6 Å². The van der Waals surface area contributed by atoms with E-state index in [4.69, 9.17) is 15.0 Å². The number of aliphatic hydroxyl groups excluding tert-OH is 2. The molecule has 3 heterocycles. The zero-order valence-electron chi connectivity index (χ0n) is 20.9. The molecule has 4 atom stereocenters. The lowest BCUT2D eigenvalue weighted by atomic mass is 9.85. The van der Waals surface area contributed by atoms with Gasteiger partial charge in [0.2, 0.25) is 5.95 Å². The van der Waals surface area contributed by atoms with Crippen molar-refractivity contribution in [3.05, 3.63) is 23.7 Å². The first-order chi connectivity index (χ1) is 17.7. The molecule has 3 aromatic heterocycles. The van der Waals surface area contributed by atoms with Crippen LogP contribution in [0.2, 0.25) is 0 Å². The van der Waals surface area contributed by atoms with Crippen LogP contribution in [0.25, 0.3) is 20.8 Å². The summed E-state index contributed by atoms with van der Waals surface area (Å²) in [7, 11) is 0.